The maximum Gasteiger partial charge on any atom is 0.357 e. The molecule has 8 heteroatoms. The molecular weight excluding hydrogens is 314 g/mol. The van der Waals surface area contributed by atoms with Gasteiger partial charge in [0.15, 0.2) is 17.2 Å². The fraction of sp³-hybridized carbons (Fsp3) is 0.188. The number of hydrogen-bond donors (Lipinski definition) is 1. The second kappa shape index (κ2) is 6.86. The van der Waals surface area contributed by atoms with Gasteiger partial charge in [-0.1, -0.05) is 29.8 Å². The molecule has 124 valence electrons. The number of carbonyl (C=O) groups is 3. The Labute approximate surface area is 137 Å². The lowest BCUT2D eigenvalue weighted by Crippen LogP contribution is -2.22. The van der Waals surface area contributed by atoms with Crippen molar-refractivity contribution < 1.29 is 23.9 Å². The first kappa shape index (κ1) is 17.1. The number of esters is 2. The van der Waals surface area contributed by atoms with Gasteiger partial charge in [-0.05, 0) is 6.92 Å². The first-order valence-corrected chi connectivity index (χ1v) is 6.84. The van der Waals surface area contributed by atoms with Crippen LogP contribution < -0.4 is 5.73 Å². The number of ketones is 1. The van der Waals surface area contributed by atoms with Crippen LogP contribution in [0.2, 0.25) is 0 Å². The van der Waals surface area contributed by atoms with Gasteiger partial charge in [0.25, 0.3) is 0 Å². The second-order valence-corrected chi connectivity index (χ2v) is 4.83. The van der Waals surface area contributed by atoms with Crippen LogP contribution in [0.3, 0.4) is 0 Å². The second-order valence-electron chi connectivity index (χ2n) is 4.83. The van der Waals surface area contributed by atoms with E-state index in [0.717, 1.165) is 19.8 Å². The zero-order valence-corrected chi connectivity index (χ0v) is 13.3. The van der Waals surface area contributed by atoms with Gasteiger partial charge in [0, 0.05) is 5.56 Å². The number of hydrogen-bond acceptors (Lipinski definition) is 8. The molecule has 24 heavy (non-hydrogen) atoms. The number of aryl methyl sites for hydroxylation is 1. The van der Waals surface area contributed by atoms with Crippen LogP contribution in [-0.2, 0) is 9.47 Å². The molecule has 0 amide bonds. The lowest BCUT2D eigenvalue weighted by atomic mass is 9.99. The third-order valence-electron chi connectivity index (χ3n) is 3.22. The molecule has 0 saturated carbocycles. The van der Waals surface area contributed by atoms with Crippen LogP contribution in [-0.4, -0.2) is 41.9 Å². The summed E-state index contributed by atoms with van der Waals surface area (Å²) in [6.45, 7) is 1.86. The van der Waals surface area contributed by atoms with Crippen molar-refractivity contribution in [2.45, 2.75) is 6.92 Å². The molecule has 0 saturated heterocycles. The van der Waals surface area contributed by atoms with Gasteiger partial charge in [0.1, 0.15) is 0 Å². The average Bonchev–Trinajstić information content (AvgIpc) is 2.59. The minimum absolute atomic E-state index is 0.254. The Kier molecular flexibility index (Phi) is 4.88. The smallest absolute Gasteiger partial charge is 0.357 e. The number of carbonyl (C=O) groups excluding carboxylic acids is 3. The number of methoxy groups -OCH3 is 2. The fourth-order valence-corrected chi connectivity index (χ4v) is 2.03. The highest BCUT2D eigenvalue weighted by atomic mass is 16.5. The van der Waals surface area contributed by atoms with Gasteiger partial charge in [-0.15, -0.1) is 0 Å². The molecule has 0 aliphatic heterocycles. The standard InChI is InChI=1S/C16H15N3O5/c1-8-4-6-9(7-5-8)13(20)10-11(14(21)23-2)18-16(17)19-12(10)15(22)24-3/h4-7H,1-3H3,(H2,17,18,19). The van der Waals surface area contributed by atoms with Gasteiger partial charge < -0.3 is 15.2 Å². The lowest BCUT2D eigenvalue weighted by molar-refractivity contribution is 0.0583. The molecule has 1 aromatic carbocycles. The Hall–Kier alpha value is -3.29. The van der Waals surface area contributed by atoms with Crippen LogP contribution in [0.1, 0.15) is 42.5 Å². The van der Waals surface area contributed by atoms with E-state index in [9.17, 15) is 14.4 Å². The van der Waals surface area contributed by atoms with Crippen molar-refractivity contribution in [1.29, 1.82) is 0 Å². The summed E-state index contributed by atoms with van der Waals surface area (Å²) in [4.78, 5) is 44.2. The summed E-state index contributed by atoms with van der Waals surface area (Å²) in [6, 6.07) is 6.58. The van der Waals surface area contributed by atoms with E-state index >= 15 is 0 Å². The Morgan fingerprint density at radius 2 is 1.38 bits per heavy atom. The predicted octanol–water partition coefficient (Wildman–Crippen LogP) is 1.17. The lowest BCUT2D eigenvalue weighted by Gasteiger charge is -2.11. The molecule has 0 aliphatic carbocycles. The maximum absolute atomic E-state index is 12.8. The van der Waals surface area contributed by atoms with E-state index < -0.39 is 29.1 Å². The molecule has 1 aromatic heterocycles. The molecule has 0 radical (unpaired) electrons. The minimum Gasteiger partial charge on any atom is -0.464 e. The SMILES string of the molecule is COC(=O)c1nc(N)nc(C(=O)OC)c1C(=O)c1ccc(C)cc1. The van der Waals surface area contributed by atoms with E-state index in [2.05, 4.69) is 19.4 Å². The molecule has 0 aliphatic rings. The van der Waals surface area contributed by atoms with Crippen molar-refractivity contribution in [1.82, 2.24) is 9.97 Å². The zero-order valence-electron chi connectivity index (χ0n) is 13.3. The largest absolute Gasteiger partial charge is 0.464 e. The highest BCUT2D eigenvalue weighted by Gasteiger charge is 2.30. The van der Waals surface area contributed by atoms with Gasteiger partial charge in [-0.2, -0.15) is 0 Å². The highest BCUT2D eigenvalue weighted by molar-refractivity contribution is 6.18. The van der Waals surface area contributed by atoms with Gasteiger partial charge in [0.05, 0.1) is 19.8 Å². The van der Waals surface area contributed by atoms with Crippen LogP contribution in [0, 0.1) is 6.92 Å². The van der Waals surface area contributed by atoms with Crippen LogP contribution in [0.4, 0.5) is 5.95 Å². The summed E-state index contributed by atoms with van der Waals surface area (Å²) < 4.78 is 9.23. The van der Waals surface area contributed by atoms with E-state index in [1.807, 2.05) is 6.92 Å². The first-order valence-electron chi connectivity index (χ1n) is 6.84. The van der Waals surface area contributed by atoms with Crippen LogP contribution in [0.15, 0.2) is 24.3 Å². The third-order valence-corrected chi connectivity index (χ3v) is 3.22. The quantitative estimate of drug-likeness (QED) is 0.655. The first-order chi connectivity index (χ1) is 11.4. The summed E-state index contributed by atoms with van der Waals surface area (Å²) >= 11 is 0. The topological polar surface area (TPSA) is 121 Å². The van der Waals surface area contributed by atoms with E-state index in [-0.39, 0.29) is 17.1 Å². The summed E-state index contributed by atoms with van der Waals surface area (Å²) in [6.07, 6.45) is 0. The van der Waals surface area contributed by atoms with Crippen molar-refractivity contribution in [3.8, 4) is 0 Å². The number of nitrogen functional groups attached to an aromatic ring is 1. The van der Waals surface area contributed by atoms with E-state index in [1.165, 1.54) is 0 Å². The number of aromatic nitrogens is 2. The van der Waals surface area contributed by atoms with Crippen LogP contribution in [0.5, 0.6) is 0 Å². The number of nitrogens with zero attached hydrogens (tertiary/aromatic N) is 2. The maximum atomic E-state index is 12.8. The number of ether oxygens (including phenoxy) is 2. The van der Waals surface area contributed by atoms with Gasteiger partial charge >= 0.3 is 11.9 Å². The highest BCUT2D eigenvalue weighted by Crippen LogP contribution is 2.20. The Bertz CT molecular complexity index is 778. The van der Waals surface area contributed by atoms with Crippen LogP contribution in [0.25, 0.3) is 0 Å². The molecule has 0 atom stereocenters. The van der Waals surface area contributed by atoms with Crippen LogP contribution >= 0.6 is 0 Å². The molecule has 0 bridgehead atoms. The minimum atomic E-state index is -0.912. The van der Waals surface area contributed by atoms with Crippen molar-refractivity contribution in [3.63, 3.8) is 0 Å². The summed E-state index contributed by atoms with van der Waals surface area (Å²) in [5, 5.41) is 0. The summed E-state index contributed by atoms with van der Waals surface area (Å²) in [5.41, 5.74) is 5.62. The molecule has 8 nitrogen and oxygen atoms in total. The molecule has 2 N–H and O–H groups in total. The monoisotopic (exact) mass is 329 g/mol. The van der Waals surface area contributed by atoms with E-state index in [4.69, 9.17) is 5.73 Å². The predicted molar refractivity (Wildman–Crippen MR) is 83.7 cm³/mol. The average molecular weight is 329 g/mol. The van der Waals surface area contributed by atoms with Gasteiger partial charge in [-0.3, -0.25) is 4.79 Å². The molecule has 0 fully saturated rings. The van der Waals surface area contributed by atoms with Gasteiger partial charge in [0.2, 0.25) is 5.95 Å². The molecule has 1 heterocycles. The Morgan fingerprint density at radius 1 is 0.917 bits per heavy atom. The molecule has 2 rings (SSSR count). The normalized spacial score (nSPS) is 10.1. The van der Waals surface area contributed by atoms with Crippen molar-refractivity contribution in [2.75, 3.05) is 20.0 Å². The summed E-state index contributed by atoms with van der Waals surface area (Å²) in [7, 11) is 2.25. The number of benzene rings is 1. The number of rotatable bonds is 4. The molecular formula is C16H15N3O5. The molecule has 2 aromatic rings. The molecule has 0 spiro atoms. The van der Waals surface area contributed by atoms with Crippen molar-refractivity contribution in [3.05, 3.63) is 52.3 Å². The number of nitrogens with two attached hydrogens (primary N) is 1. The third kappa shape index (κ3) is 3.22. The summed E-state index contributed by atoms with van der Waals surface area (Å²) in [5.74, 6) is -2.79. The Balaban J connectivity index is 2.72. The van der Waals surface area contributed by atoms with E-state index in [0.29, 0.717) is 0 Å². The molecule has 0 unspecified atom stereocenters. The Morgan fingerprint density at radius 3 is 1.79 bits per heavy atom. The van der Waals surface area contributed by atoms with Crippen molar-refractivity contribution in [2.24, 2.45) is 0 Å². The van der Waals surface area contributed by atoms with E-state index in [1.54, 1.807) is 24.3 Å². The zero-order chi connectivity index (χ0) is 17.9. The number of anilines is 1. The fourth-order valence-electron chi connectivity index (χ4n) is 2.03. The van der Waals surface area contributed by atoms with Gasteiger partial charge in [-0.25, -0.2) is 19.6 Å². The van der Waals surface area contributed by atoms with Crippen molar-refractivity contribution >= 4 is 23.7 Å².